The summed E-state index contributed by atoms with van der Waals surface area (Å²) in [7, 11) is 1.84. The molecule has 0 spiro atoms. The maximum absolute atomic E-state index is 12.8. The van der Waals surface area contributed by atoms with Crippen LogP contribution in [0, 0.1) is 12.8 Å². The Morgan fingerprint density at radius 3 is 2.58 bits per heavy atom. The van der Waals surface area contributed by atoms with Crippen molar-refractivity contribution in [1.82, 2.24) is 20.1 Å². The number of aliphatic imine (C=N–C) groups is 1. The molecule has 7 nitrogen and oxygen atoms in total. The Balaban J connectivity index is 1.51. The number of piperidine rings is 1. The van der Waals surface area contributed by atoms with Crippen molar-refractivity contribution in [2.24, 2.45) is 10.9 Å². The summed E-state index contributed by atoms with van der Waals surface area (Å²) in [4.78, 5) is 25.8. The molecule has 1 aliphatic heterocycles. The monoisotopic (exact) mass is 429 g/mol. The lowest BCUT2D eigenvalue weighted by Crippen LogP contribution is -2.52. The van der Waals surface area contributed by atoms with Gasteiger partial charge in [0.15, 0.2) is 5.96 Å². The van der Waals surface area contributed by atoms with Gasteiger partial charge in [0.1, 0.15) is 5.60 Å². The number of aromatic nitrogens is 1. The quantitative estimate of drug-likeness (QED) is 0.552. The number of carbonyl (C=O) groups excluding carboxylic acids is 1. The molecule has 1 aromatic rings. The third-order valence-corrected chi connectivity index (χ3v) is 6.01. The Bertz CT molecular complexity index is 761. The highest BCUT2D eigenvalue weighted by atomic mass is 16.6. The van der Waals surface area contributed by atoms with Crippen molar-refractivity contribution in [2.45, 2.75) is 71.4 Å². The fourth-order valence-electron chi connectivity index (χ4n) is 4.09. The number of nitrogens with one attached hydrogen (secondary N) is 1. The van der Waals surface area contributed by atoms with Gasteiger partial charge in [-0.2, -0.15) is 0 Å². The number of aryl methyl sites for hydroxylation is 1. The third kappa shape index (κ3) is 7.11. The van der Waals surface area contributed by atoms with Gasteiger partial charge in [-0.25, -0.2) is 4.79 Å². The first kappa shape index (κ1) is 23.4. The summed E-state index contributed by atoms with van der Waals surface area (Å²) in [6, 6.07) is 2.32. The van der Waals surface area contributed by atoms with Gasteiger partial charge in [0.2, 0.25) is 0 Å². The van der Waals surface area contributed by atoms with Crippen LogP contribution in [-0.4, -0.2) is 71.7 Å². The number of amides is 1. The van der Waals surface area contributed by atoms with Crippen LogP contribution in [0.1, 0.15) is 57.6 Å². The van der Waals surface area contributed by atoms with Crippen LogP contribution in [0.5, 0.6) is 0 Å². The van der Waals surface area contributed by atoms with E-state index in [0.717, 1.165) is 51.4 Å². The molecule has 2 heterocycles. The molecule has 0 unspecified atom stereocenters. The first-order valence-corrected chi connectivity index (χ1v) is 11.6. The molecule has 1 saturated carbocycles. The second-order valence-corrected chi connectivity index (χ2v) is 9.82. The SMILES string of the molecule is CN=C(NCCc1ccncc1C)N1CCC(N(CC2CC2)C(=O)OC(C)(C)C)CC1. The van der Waals surface area contributed by atoms with Crippen LogP contribution in [0.2, 0.25) is 0 Å². The molecule has 172 valence electrons. The zero-order chi connectivity index (χ0) is 22.4. The summed E-state index contributed by atoms with van der Waals surface area (Å²) in [5.41, 5.74) is 2.07. The number of hydrogen-bond donors (Lipinski definition) is 1. The first-order valence-electron chi connectivity index (χ1n) is 11.6. The lowest BCUT2D eigenvalue weighted by molar-refractivity contribution is 0.00928. The zero-order valence-corrected chi connectivity index (χ0v) is 19.9. The molecule has 1 amide bonds. The smallest absolute Gasteiger partial charge is 0.410 e. The number of likely N-dealkylation sites (tertiary alicyclic amines) is 1. The van der Waals surface area contributed by atoms with Crippen LogP contribution in [0.4, 0.5) is 4.79 Å². The second-order valence-electron chi connectivity index (χ2n) is 9.82. The molecule has 2 fully saturated rings. The highest BCUT2D eigenvalue weighted by Crippen LogP contribution is 2.32. The predicted molar refractivity (Wildman–Crippen MR) is 124 cm³/mol. The van der Waals surface area contributed by atoms with Crippen molar-refractivity contribution in [3.63, 3.8) is 0 Å². The van der Waals surface area contributed by atoms with Gasteiger partial charge in [-0.15, -0.1) is 0 Å². The number of carbonyl (C=O) groups is 1. The molecule has 1 aliphatic carbocycles. The molecule has 0 atom stereocenters. The molecule has 0 aromatic carbocycles. The average molecular weight is 430 g/mol. The van der Waals surface area contributed by atoms with Crippen LogP contribution >= 0.6 is 0 Å². The minimum absolute atomic E-state index is 0.159. The van der Waals surface area contributed by atoms with E-state index in [9.17, 15) is 4.79 Å². The summed E-state index contributed by atoms with van der Waals surface area (Å²) in [5.74, 6) is 1.59. The van der Waals surface area contributed by atoms with E-state index in [1.165, 1.54) is 24.0 Å². The van der Waals surface area contributed by atoms with E-state index in [-0.39, 0.29) is 12.1 Å². The number of rotatable bonds is 6. The Hall–Kier alpha value is -2.31. The van der Waals surface area contributed by atoms with Crippen LogP contribution in [0.15, 0.2) is 23.5 Å². The van der Waals surface area contributed by atoms with Gasteiger partial charge >= 0.3 is 6.09 Å². The standard InChI is InChI=1S/C24H39N5O2/c1-18-16-26-12-8-20(18)9-13-27-22(25-5)28-14-10-21(11-15-28)29(17-19-6-7-19)23(30)31-24(2,3)4/h8,12,16,19,21H,6-7,9-11,13-15,17H2,1-5H3,(H,25,27). The largest absolute Gasteiger partial charge is 0.444 e. The van der Waals surface area contributed by atoms with E-state index in [2.05, 4.69) is 33.2 Å². The summed E-state index contributed by atoms with van der Waals surface area (Å²) < 4.78 is 5.71. The molecule has 7 heteroatoms. The first-order chi connectivity index (χ1) is 14.8. The summed E-state index contributed by atoms with van der Waals surface area (Å²) in [6.45, 7) is 11.4. The van der Waals surface area contributed by atoms with Crippen molar-refractivity contribution in [3.8, 4) is 0 Å². The van der Waals surface area contributed by atoms with Crippen molar-refractivity contribution >= 4 is 12.1 Å². The number of pyridine rings is 1. The highest BCUT2D eigenvalue weighted by molar-refractivity contribution is 5.80. The lowest BCUT2D eigenvalue weighted by Gasteiger charge is -2.40. The van der Waals surface area contributed by atoms with Gasteiger partial charge in [0.25, 0.3) is 0 Å². The fraction of sp³-hybridized carbons (Fsp3) is 0.708. The van der Waals surface area contributed by atoms with Crippen LogP contribution in [-0.2, 0) is 11.2 Å². The highest BCUT2D eigenvalue weighted by Gasteiger charge is 2.35. The van der Waals surface area contributed by atoms with Gasteiger partial charge in [-0.05, 0) is 82.9 Å². The van der Waals surface area contributed by atoms with E-state index in [4.69, 9.17) is 4.74 Å². The third-order valence-electron chi connectivity index (χ3n) is 6.01. The number of ether oxygens (including phenoxy) is 1. The molecule has 31 heavy (non-hydrogen) atoms. The van der Waals surface area contributed by atoms with Gasteiger partial charge in [-0.3, -0.25) is 9.98 Å². The molecule has 0 radical (unpaired) electrons. The van der Waals surface area contributed by atoms with E-state index < -0.39 is 5.60 Å². The van der Waals surface area contributed by atoms with Crippen LogP contribution < -0.4 is 5.32 Å². The summed E-state index contributed by atoms with van der Waals surface area (Å²) >= 11 is 0. The van der Waals surface area contributed by atoms with E-state index in [0.29, 0.717) is 5.92 Å². The molecule has 1 aromatic heterocycles. The predicted octanol–water partition coefficient (Wildman–Crippen LogP) is 3.62. The van der Waals surface area contributed by atoms with E-state index >= 15 is 0 Å². The van der Waals surface area contributed by atoms with Crippen molar-refractivity contribution in [2.75, 3.05) is 33.2 Å². The number of nitrogens with zero attached hydrogens (tertiary/aromatic N) is 4. The Morgan fingerprint density at radius 2 is 2.00 bits per heavy atom. The van der Waals surface area contributed by atoms with Crippen LogP contribution in [0.3, 0.4) is 0 Å². The van der Waals surface area contributed by atoms with Gasteiger partial charge in [0, 0.05) is 51.7 Å². The molecule has 1 N–H and O–H groups in total. The van der Waals surface area contributed by atoms with E-state index in [1.54, 1.807) is 0 Å². The zero-order valence-electron chi connectivity index (χ0n) is 19.9. The normalized spacial score (nSPS) is 18.1. The van der Waals surface area contributed by atoms with Crippen molar-refractivity contribution in [3.05, 3.63) is 29.6 Å². The molecule has 2 aliphatic rings. The van der Waals surface area contributed by atoms with Gasteiger partial charge < -0.3 is 19.9 Å². The van der Waals surface area contributed by atoms with Crippen LogP contribution in [0.25, 0.3) is 0 Å². The summed E-state index contributed by atoms with van der Waals surface area (Å²) in [6.07, 6.45) is 8.88. The maximum atomic E-state index is 12.8. The molecule has 3 rings (SSSR count). The topological polar surface area (TPSA) is 70.1 Å². The second kappa shape index (κ2) is 10.3. The minimum Gasteiger partial charge on any atom is -0.444 e. The van der Waals surface area contributed by atoms with Gasteiger partial charge in [0.05, 0.1) is 0 Å². The Labute approximate surface area is 187 Å². The van der Waals surface area contributed by atoms with Gasteiger partial charge in [-0.1, -0.05) is 0 Å². The average Bonchev–Trinajstić information content (AvgIpc) is 3.54. The van der Waals surface area contributed by atoms with E-state index in [1.807, 2.05) is 45.1 Å². The van der Waals surface area contributed by atoms with Crippen molar-refractivity contribution in [1.29, 1.82) is 0 Å². The summed E-state index contributed by atoms with van der Waals surface area (Å²) in [5, 5.41) is 3.51. The molecular formula is C24H39N5O2. The Morgan fingerprint density at radius 1 is 1.29 bits per heavy atom. The lowest BCUT2D eigenvalue weighted by atomic mass is 10.0. The fourth-order valence-corrected chi connectivity index (χ4v) is 4.09. The Kier molecular flexibility index (Phi) is 7.79. The minimum atomic E-state index is -0.460. The molecular weight excluding hydrogens is 390 g/mol. The van der Waals surface area contributed by atoms with Crippen molar-refractivity contribution < 1.29 is 9.53 Å². The molecule has 0 bridgehead atoms. The number of guanidine groups is 1. The molecule has 1 saturated heterocycles. The number of hydrogen-bond acceptors (Lipinski definition) is 4. The maximum Gasteiger partial charge on any atom is 0.410 e.